The van der Waals surface area contributed by atoms with Crippen LogP contribution in [0.25, 0.3) is 0 Å². The third-order valence-electron chi connectivity index (χ3n) is 22.7. The summed E-state index contributed by atoms with van der Waals surface area (Å²) in [5.74, 6) is -3.69. The van der Waals surface area contributed by atoms with Crippen LogP contribution in [0, 0.1) is 0 Å². The lowest BCUT2D eigenvalue weighted by atomic mass is 9.77. The summed E-state index contributed by atoms with van der Waals surface area (Å²) >= 11 is 0. The molecule has 0 radical (unpaired) electrons. The molecule has 1 aliphatic rings. The highest BCUT2D eigenvalue weighted by molar-refractivity contribution is 7.46. The van der Waals surface area contributed by atoms with Crippen LogP contribution in [-0.4, -0.2) is 124 Å². The van der Waals surface area contributed by atoms with Crippen molar-refractivity contribution in [3.8, 4) is 0 Å². The number of amides is 2. The number of ether oxygens (including phenoxy) is 5. The summed E-state index contributed by atoms with van der Waals surface area (Å²) < 4.78 is 49.5. The molecular formula is C92H175N2O17P. The first kappa shape index (κ1) is 107. The number of nitrogens with one attached hydrogen (secondary N) is 2. The number of phosphoric acid groups is 1. The number of aliphatic hydroxyl groups is 2. The molecule has 20 heteroatoms. The number of hydrogen-bond donors (Lipinski definition) is 6. The van der Waals surface area contributed by atoms with Crippen molar-refractivity contribution in [2.45, 2.75) is 533 Å². The lowest BCUT2D eigenvalue weighted by molar-refractivity contribution is -0.289. The first-order valence-corrected chi connectivity index (χ1v) is 49.0. The Hall–Kier alpha value is -3.03. The molecule has 1 heterocycles. The third-order valence-corrected chi connectivity index (χ3v) is 23.2. The number of carbonyl (C=O) groups excluding carboxylic acids is 6. The number of phosphoric ester groups is 1. The lowest BCUT2D eigenvalue weighted by Crippen LogP contribution is -2.75. The van der Waals surface area contributed by atoms with Crippen molar-refractivity contribution in [3.63, 3.8) is 0 Å². The number of unbranched alkanes of at least 4 members (excludes halogenated alkanes) is 54. The Kier molecular flexibility index (Phi) is 72.1. The van der Waals surface area contributed by atoms with E-state index in [0.717, 1.165) is 173 Å². The SMILES string of the molecule is CCCCCCCCCCCCCC(=O)O[C@H](CCCCCCCCCCC)CC(=O)NCCO[C@@H]1O[C@H](CO)[C@@H](OP(=O)(O)O)[C@@](O)(C(=O)C[C@@H](CCCCCCCCCCC)OC(=O)CCCCCCCCCCCCC)[C@H]1NC(=O)C[C@@H](CCCCCCCCCCC)OC(=O)CCCCCCCCCCCCC. The molecule has 0 aliphatic carbocycles. The molecule has 0 aromatic heterocycles. The van der Waals surface area contributed by atoms with Crippen molar-refractivity contribution in [2.24, 2.45) is 0 Å². The summed E-state index contributed by atoms with van der Waals surface area (Å²) in [6, 6.07) is -2.02. The first-order valence-electron chi connectivity index (χ1n) is 47.4. The molecule has 660 valence electrons. The van der Waals surface area contributed by atoms with Crippen LogP contribution in [0.4, 0.5) is 0 Å². The number of hydrogen-bond acceptors (Lipinski definition) is 15. The van der Waals surface area contributed by atoms with Crippen molar-refractivity contribution in [1.29, 1.82) is 0 Å². The summed E-state index contributed by atoms with van der Waals surface area (Å²) in [6.45, 7) is 11.6. The maximum absolute atomic E-state index is 15.7. The summed E-state index contributed by atoms with van der Waals surface area (Å²) in [7, 11) is -5.67. The molecule has 2 amide bonds. The quantitative estimate of drug-likeness (QED) is 0.0143. The van der Waals surface area contributed by atoms with Crippen molar-refractivity contribution < 1.29 is 81.5 Å². The number of aliphatic hydroxyl groups excluding tert-OH is 1. The van der Waals surface area contributed by atoms with Gasteiger partial charge in [-0.1, -0.05) is 388 Å². The second-order valence-electron chi connectivity index (χ2n) is 33.4. The van der Waals surface area contributed by atoms with Crippen LogP contribution in [0.5, 0.6) is 0 Å². The van der Waals surface area contributed by atoms with Gasteiger partial charge in [-0.3, -0.25) is 33.3 Å². The van der Waals surface area contributed by atoms with E-state index in [-0.39, 0.29) is 51.2 Å². The van der Waals surface area contributed by atoms with Gasteiger partial charge in [-0.15, -0.1) is 0 Å². The number of ketones is 1. The standard InChI is InChI=1S/C92H175N2O17P/c1-7-13-19-25-31-37-40-46-52-58-64-70-86(99)107-79(67-61-55-49-43-34-28-22-16-10-4)75-83(96)92(102)89(94-85(98)77-81(69-63-57-51-45-36-30-24-18-12-6)109-88(101)72-66-60-54-48-42-39-33-27-21-15-9-3)91(110-82(78-95)90(92)111-112(103,104)105)106-74-73-93-84(97)76-80(68-62-56-50-44-35-29-23-17-11-5)108-87(100)71-65-59-53-47-41-38-32-26-20-14-8-2/h79-82,89-91,95,102H,7-78H2,1-6H3,(H,93,97)(H,94,98)(H2,103,104,105)/t79-,80-,81-,82-,89+,90-,91-,92-/m1/s1. The maximum Gasteiger partial charge on any atom is 0.470 e. The fourth-order valence-corrected chi connectivity index (χ4v) is 16.3. The van der Waals surface area contributed by atoms with E-state index in [1.54, 1.807) is 0 Å². The molecule has 0 aromatic carbocycles. The number of Topliss-reactive ketones (excluding diaryl/α,β-unsaturated/α-hetero) is 1. The number of carbonyl (C=O) groups is 6. The first-order chi connectivity index (χ1) is 54.4. The Morgan fingerprint density at radius 1 is 0.375 bits per heavy atom. The van der Waals surface area contributed by atoms with Crippen LogP contribution in [-0.2, 0) is 61.5 Å². The zero-order chi connectivity index (χ0) is 82.1. The minimum atomic E-state index is -5.67. The smallest absolute Gasteiger partial charge is 0.462 e. The zero-order valence-electron chi connectivity index (χ0n) is 73.0. The molecule has 0 spiro atoms. The fourth-order valence-electron chi connectivity index (χ4n) is 15.7. The molecule has 1 rings (SSSR count). The Balaban J connectivity index is 3.78. The van der Waals surface area contributed by atoms with Gasteiger partial charge in [-0.05, 0) is 57.8 Å². The highest BCUT2D eigenvalue weighted by Crippen LogP contribution is 2.46. The predicted molar refractivity (Wildman–Crippen MR) is 456 cm³/mol. The molecule has 1 fully saturated rings. The highest BCUT2D eigenvalue weighted by Gasteiger charge is 2.63. The van der Waals surface area contributed by atoms with Crippen LogP contribution < -0.4 is 10.6 Å². The Morgan fingerprint density at radius 3 is 0.911 bits per heavy atom. The van der Waals surface area contributed by atoms with Crippen LogP contribution in [0.2, 0.25) is 0 Å². The van der Waals surface area contributed by atoms with E-state index in [2.05, 4.69) is 52.2 Å². The van der Waals surface area contributed by atoms with Gasteiger partial charge in [0, 0.05) is 32.2 Å². The van der Waals surface area contributed by atoms with E-state index in [9.17, 15) is 43.7 Å². The normalized spacial score (nSPS) is 17.3. The molecule has 8 atom stereocenters. The van der Waals surface area contributed by atoms with E-state index in [0.29, 0.717) is 44.9 Å². The molecule has 0 aromatic rings. The van der Waals surface area contributed by atoms with E-state index >= 15 is 9.59 Å². The van der Waals surface area contributed by atoms with Crippen LogP contribution >= 0.6 is 7.82 Å². The summed E-state index contributed by atoms with van der Waals surface area (Å²) in [5.41, 5.74) is -3.16. The van der Waals surface area contributed by atoms with Gasteiger partial charge in [0.2, 0.25) is 11.8 Å². The third kappa shape index (κ3) is 60.4. The van der Waals surface area contributed by atoms with Gasteiger partial charge in [-0.2, -0.15) is 0 Å². The van der Waals surface area contributed by atoms with E-state index in [4.69, 9.17) is 28.2 Å². The molecule has 1 saturated heterocycles. The minimum absolute atomic E-state index is 0.0912. The molecule has 6 N–H and O–H groups in total. The average Bonchev–Trinajstić information content (AvgIpc) is 0.738. The van der Waals surface area contributed by atoms with E-state index < -0.39 is 105 Å². The Bertz CT molecular complexity index is 2280. The zero-order valence-corrected chi connectivity index (χ0v) is 73.9. The maximum atomic E-state index is 15.7. The van der Waals surface area contributed by atoms with Crippen molar-refractivity contribution in [1.82, 2.24) is 10.6 Å². The van der Waals surface area contributed by atoms with Gasteiger partial charge in [0.25, 0.3) is 0 Å². The van der Waals surface area contributed by atoms with Crippen LogP contribution in [0.1, 0.15) is 485 Å². The summed E-state index contributed by atoms with van der Waals surface area (Å²) in [6.07, 6.45) is 56.5. The monoisotopic (exact) mass is 1610 g/mol. The molecule has 0 unspecified atom stereocenters. The average molecular weight is 1610 g/mol. The number of esters is 3. The lowest BCUT2D eigenvalue weighted by Gasteiger charge is -2.50. The fraction of sp³-hybridized carbons (Fsp3) is 0.935. The molecule has 0 bridgehead atoms. The molecule has 0 saturated carbocycles. The van der Waals surface area contributed by atoms with Crippen molar-refractivity contribution in [2.75, 3.05) is 19.8 Å². The van der Waals surface area contributed by atoms with Gasteiger partial charge in [0.15, 0.2) is 17.7 Å². The highest BCUT2D eigenvalue weighted by atomic mass is 31.2. The van der Waals surface area contributed by atoms with E-state index in [1.807, 2.05) is 0 Å². The van der Waals surface area contributed by atoms with Crippen LogP contribution in [0.15, 0.2) is 0 Å². The van der Waals surface area contributed by atoms with Crippen molar-refractivity contribution in [3.05, 3.63) is 0 Å². The van der Waals surface area contributed by atoms with Gasteiger partial charge >= 0.3 is 25.7 Å². The Morgan fingerprint density at radius 2 is 0.634 bits per heavy atom. The van der Waals surface area contributed by atoms with Gasteiger partial charge in [0.1, 0.15) is 36.6 Å². The predicted octanol–water partition coefficient (Wildman–Crippen LogP) is 23.9. The molecular weight excluding hydrogens is 1440 g/mol. The largest absolute Gasteiger partial charge is 0.470 e. The molecule has 19 nitrogen and oxygen atoms in total. The van der Waals surface area contributed by atoms with Crippen molar-refractivity contribution >= 4 is 43.3 Å². The van der Waals surface area contributed by atoms with Gasteiger partial charge < -0.3 is 54.3 Å². The van der Waals surface area contributed by atoms with Gasteiger partial charge in [0.05, 0.1) is 26.1 Å². The minimum Gasteiger partial charge on any atom is -0.462 e. The van der Waals surface area contributed by atoms with E-state index in [1.165, 1.54) is 180 Å². The number of rotatable bonds is 84. The second kappa shape index (κ2) is 75.4. The molecule has 1 aliphatic heterocycles. The van der Waals surface area contributed by atoms with Gasteiger partial charge in [-0.25, -0.2) is 4.57 Å². The summed E-state index contributed by atoms with van der Waals surface area (Å²) in [4.78, 5) is 107. The Labute approximate surface area is 684 Å². The topological polar surface area (TPSA) is 280 Å². The van der Waals surface area contributed by atoms with Crippen LogP contribution in [0.3, 0.4) is 0 Å². The second-order valence-corrected chi connectivity index (χ2v) is 34.6. The molecule has 112 heavy (non-hydrogen) atoms. The summed E-state index contributed by atoms with van der Waals surface area (Å²) in [5, 5.41) is 30.3.